The van der Waals surface area contributed by atoms with Crippen LogP contribution in [0.4, 0.5) is 4.39 Å². The van der Waals surface area contributed by atoms with Gasteiger partial charge in [-0.25, -0.2) is 4.39 Å². The summed E-state index contributed by atoms with van der Waals surface area (Å²) >= 11 is 0. The third-order valence-corrected chi connectivity index (χ3v) is 3.16. The van der Waals surface area contributed by atoms with Crippen molar-refractivity contribution in [3.05, 3.63) is 35.1 Å². The lowest BCUT2D eigenvalue weighted by atomic mass is 10.1. The summed E-state index contributed by atoms with van der Waals surface area (Å²) in [5.74, 6) is 4.96. The van der Waals surface area contributed by atoms with Crippen molar-refractivity contribution in [1.29, 1.82) is 0 Å². The van der Waals surface area contributed by atoms with Gasteiger partial charge in [0.15, 0.2) is 0 Å². The molecule has 17 heavy (non-hydrogen) atoms. The molecule has 1 fully saturated rings. The van der Waals surface area contributed by atoms with E-state index in [4.69, 9.17) is 5.84 Å². The highest BCUT2D eigenvalue weighted by atomic mass is 19.1. The second-order valence-corrected chi connectivity index (χ2v) is 4.46. The van der Waals surface area contributed by atoms with Gasteiger partial charge in [0.1, 0.15) is 5.82 Å². The van der Waals surface area contributed by atoms with Gasteiger partial charge in [0, 0.05) is 6.54 Å². The fourth-order valence-corrected chi connectivity index (χ4v) is 2.28. The Kier molecular flexibility index (Phi) is 4.09. The van der Waals surface area contributed by atoms with E-state index in [-0.39, 0.29) is 5.82 Å². The van der Waals surface area contributed by atoms with E-state index in [2.05, 4.69) is 10.0 Å². The van der Waals surface area contributed by atoms with Crippen LogP contribution >= 0.6 is 0 Å². The summed E-state index contributed by atoms with van der Waals surface area (Å²) in [7, 11) is 0. The number of likely N-dealkylation sites (tertiary alicyclic amines) is 1. The molecule has 2 rings (SSSR count). The standard InChI is InChI=1S/C13H18FN3/c14-13-5-4-11(9-16-15)12(8-13)10-17-6-2-1-3-7-17/h4-5,8-9H,1-3,6-7,10,15H2. The Hall–Kier alpha value is -1.42. The maximum Gasteiger partial charge on any atom is 0.123 e. The molecule has 1 heterocycles. The van der Waals surface area contributed by atoms with Gasteiger partial charge in [-0.1, -0.05) is 12.5 Å². The monoisotopic (exact) mass is 235 g/mol. The summed E-state index contributed by atoms with van der Waals surface area (Å²) in [6.07, 6.45) is 5.35. The van der Waals surface area contributed by atoms with Gasteiger partial charge in [0.2, 0.25) is 0 Å². The normalized spacial score (nSPS) is 17.7. The van der Waals surface area contributed by atoms with Crippen LogP contribution in [0.5, 0.6) is 0 Å². The number of rotatable bonds is 3. The first-order valence-corrected chi connectivity index (χ1v) is 6.03. The zero-order valence-corrected chi connectivity index (χ0v) is 9.90. The maximum atomic E-state index is 13.2. The number of hydrogen-bond acceptors (Lipinski definition) is 3. The summed E-state index contributed by atoms with van der Waals surface area (Å²) < 4.78 is 13.2. The molecule has 1 aliphatic rings. The van der Waals surface area contributed by atoms with E-state index in [0.29, 0.717) is 0 Å². The number of hydrogen-bond donors (Lipinski definition) is 1. The van der Waals surface area contributed by atoms with Crippen molar-refractivity contribution < 1.29 is 4.39 Å². The van der Waals surface area contributed by atoms with Gasteiger partial charge in [0.05, 0.1) is 6.21 Å². The van der Waals surface area contributed by atoms with Gasteiger partial charge >= 0.3 is 0 Å². The Morgan fingerprint density at radius 2 is 2.06 bits per heavy atom. The average molecular weight is 235 g/mol. The van der Waals surface area contributed by atoms with Crippen molar-refractivity contribution in [1.82, 2.24) is 4.90 Å². The van der Waals surface area contributed by atoms with Gasteiger partial charge in [-0.15, -0.1) is 0 Å². The third kappa shape index (κ3) is 3.27. The van der Waals surface area contributed by atoms with Gasteiger partial charge in [-0.3, -0.25) is 4.90 Å². The van der Waals surface area contributed by atoms with Crippen LogP contribution in [0.2, 0.25) is 0 Å². The number of piperidine rings is 1. The van der Waals surface area contributed by atoms with Crippen molar-refractivity contribution in [2.24, 2.45) is 10.9 Å². The molecule has 0 amide bonds. The van der Waals surface area contributed by atoms with Gasteiger partial charge in [-0.05, 0) is 49.2 Å². The molecule has 0 aliphatic carbocycles. The number of nitrogens with zero attached hydrogens (tertiary/aromatic N) is 2. The molecule has 0 bridgehead atoms. The molecule has 4 heteroatoms. The Bertz CT molecular complexity index is 398. The van der Waals surface area contributed by atoms with Crippen LogP contribution in [0, 0.1) is 5.82 Å². The lowest BCUT2D eigenvalue weighted by molar-refractivity contribution is 0.220. The van der Waals surface area contributed by atoms with E-state index in [9.17, 15) is 4.39 Å². The largest absolute Gasteiger partial charge is 0.323 e. The Labute approximate surface area is 101 Å². The predicted octanol–water partition coefficient (Wildman–Crippen LogP) is 2.10. The first-order valence-electron chi connectivity index (χ1n) is 6.03. The number of hydrazone groups is 1. The van der Waals surface area contributed by atoms with Crippen molar-refractivity contribution in [2.75, 3.05) is 13.1 Å². The molecular weight excluding hydrogens is 217 g/mol. The van der Waals surface area contributed by atoms with Crippen LogP contribution in [0.1, 0.15) is 30.4 Å². The molecule has 0 radical (unpaired) electrons. The average Bonchev–Trinajstić information content (AvgIpc) is 2.34. The summed E-state index contributed by atoms with van der Waals surface area (Å²) in [5, 5.41) is 3.52. The highest BCUT2D eigenvalue weighted by molar-refractivity contribution is 5.81. The van der Waals surface area contributed by atoms with Crippen LogP contribution in [0.3, 0.4) is 0 Å². The van der Waals surface area contributed by atoms with Gasteiger partial charge < -0.3 is 5.84 Å². The van der Waals surface area contributed by atoms with E-state index >= 15 is 0 Å². The van der Waals surface area contributed by atoms with E-state index in [1.165, 1.54) is 25.3 Å². The van der Waals surface area contributed by atoms with E-state index < -0.39 is 0 Å². The topological polar surface area (TPSA) is 41.6 Å². The molecule has 1 aliphatic heterocycles. The fourth-order valence-electron chi connectivity index (χ4n) is 2.28. The smallest absolute Gasteiger partial charge is 0.123 e. The van der Waals surface area contributed by atoms with Gasteiger partial charge in [0.25, 0.3) is 0 Å². The van der Waals surface area contributed by atoms with Gasteiger partial charge in [-0.2, -0.15) is 5.10 Å². The molecule has 0 atom stereocenters. The molecule has 1 aromatic carbocycles. The molecule has 0 unspecified atom stereocenters. The van der Waals surface area contributed by atoms with Crippen LogP contribution in [-0.2, 0) is 6.54 Å². The fraction of sp³-hybridized carbons (Fsp3) is 0.462. The first-order chi connectivity index (χ1) is 8.29. The van der Waals surface area contributed by atoms with Crippen LogP contribution in [-0.4, -0.2) is 24.2 Å². The van der Waals surface area contributed by atoms with Crippen molar-refractivity contribution in [2.45, 2.75) is 25.8 Å². The molecule has 1 aromatic rings. The van der Waals surface area contributed by atoms with Crippen LogP contribution in [0.15, 0.2) is 23.3 Å². The summed E-state index contributed by atoms with van der Waals surface area (Å²) in [6.45, 7) is 2.96. The number of halogens is 1. The quantitative estimate of drug-likeness (QED) is 0.495. The van der Waals surface area contributed by atoms with E-state index in [0.717, 1.165) is 30.8 Å². The zero-order chi connectivity index (χ0) is 12.1. The van der Waals surface area contributed by atoms with Crippen molar-refractivity contribution >= 4 is 6.21 Å². The Balaban J connectivity index is 2.14. The zero-order valence-electron chi connectivity index (χ0n) is 9.90. The second kappa shape index (κ2) is 5.77. The van der Waals surface area contributed by atoms with Crippen molar-refractivity contribution in [3.63, 3.8) is 0 Å². The molecule has 3 nitrogen and oxygen atoms in total. The molecular formula is C13H18FN3. The third-order valence-electron chi connectivity index (χ3n) is 3.16. The lowest BCUT2D eigenvalue weighted by Crippen LogP contribution is -2.29. The highest BCUT2D eigenvalue weighted by Crippen LogP contribution is 2.16. The van der Waals surface area contributed by atoms with E-state index in [1.54, 1.807) is 18.3 Å². The van der Waals surface area contributed by atoms with Crippen LogP contribution < -0.4 is 5.84 Å². The Morgan fingerprint density at radius 1 is 1.29 bits per heavy atom. The molecule has 92 valence electrons. The van der Waals surface area contributed by atoms with E-state index in [1.807, 2.05) is 0 Å². The predicted molar refractivity (Wildman–Crippen MR) is 67.3 cm³/mol. The minimum absolute atomic E-state index is 0.203. The first kappa shape index (κ1) is 12.0. The molecule has 0 saturated carbocycles. The maximum absolute atomic E-state index is 13.2. The lowest BCUT2D eigenvalue weighted by Gasteiger charge is -2.26. The molecule has 2 N–H and O–H groups in total. The number of benzene rings is 1. The van der Waals surface area contributed by atoms with Crippen molar-refractivity contribution in [3.8, 4) is 0 Å². The minimum Gasteiger partial charge on any atom is -0.323 e. The second-order valence-electron chi connectivity index (χ2n) is 4.46. The summed E-state index contributed by atoms with van der Waals surface area (Å²) in [4.78, 5) is 2.35. The summed E-state index contributed by atoms with van der Waals surface area (Å²) in [6, 6.07) is 4.74. The summed E-state index contributed by atoms with van der Waals surface area (Å²) in [5.41, 5.74) is 1.86. The molecule has 0 aromatic heterocycles. The highest BCUT2D eigenvalue weighted by Gasteiger charge is 2.12. The molecule has 0 spiro atoms. The molecule has 1 saturated heterocycles. The minimum atomic E-state index is -0.203. The SMILES string of the molecule is NN=Cc1ccc(F)cc1CN1CCCCC1. The Morgan fingerprint density at radius 3 is 2.76 bits per heavy atom. The number of nitrogens with two attached hydrogens (primary N) is 1. The van der Waals surface area contributed by atoms with Crippen LogP contribution in [0.25, 0.3) is 0 Å².